The van der Waals surface area contributed by atoms with Gasteiger partial charge in [0, 0.05) is 18.9 Å². The van der Waals surface area contributed by atoms with Crippen LogP contribution in [-0.4, -0.2) is 30.6 Å². The molecule has 1 heterocycles. The van der Waals surface area contributed by atoms with Gasteiger partial charge in [-0.2, -0.15) is 0 Å². The molecule has 1 aliphatic heterocycles. The Kier molecular flexibility index (Phi) is 7.17. The van der Waals surface area contributed by atoms with E-state index in [9.17, 15) is 4.79 Å². The van der Waals surface area contributed by atoms with Crippen molar-refractivity contribution in [1.29, 1.82) is 0 Å². The first-order valence-electron chi connectivity index (χ1n) is 8.46. The fraction of sp³-hybridized carbons (Fsp3) is 0.882. The molecule has 0 aromatic rings. The van der Waals surface area contributed by atoms with Crippen LogP contribution in [0.1, 0.15) is 66.7 Å². The van der Waals surface area contributed by atoms with Crippen LogP contribution in [0.15, 0.2) is 5.16 Å². The lowest BCUT2D eigenvalue weighted by Gasteiger charge is -2.18. The van der Waals surface area contributed by atoms with Crippen molar-refractivity contribution in [3.63, 3.8) is 0 Å². The minimum atomic E-state index is -0.389. The molecule has 0 aromatic carbocycles. The van der Waals surface area contributed by atoms with E-state index in [0.29, 0.717) is 17.9 Å². The van der Waals surface area contributed by atoms with Gasteiger partial charge in [-0.05, 0) is 52.9 Å². The number of nitrogens with zero attached hydrogens (tertiary/aromatic N) is 1. The smallest absolute Gasteiger partial charge is 0.407 e. The van der Waals surface area contributed by atoms with E-state index in [4.69, 9.17) is 9.57 Å². The summed E-state index contributed by atoms with van der Waals surface area (Å²) in [6.07, 6.45) is 6.33. The maximum absolute atomic E-state index is 10.5. The van der Waals surface area contributed by atoms with E-state index in [1.54, 1.807) is 0 Å². The molecule has 128 valence electrons. The van der Waals surface area contributed by atoms with Gasteiger partial charge in [-0.1, -0.05) is 19.0 Å². The maximum Gasteiger partial charge on any atom is 0.407 e. The van der Waals surface area contributed by atoms with Crippen LogP contribution >= 0.6 is 0 Å². The van der Waals surface area contributed by atoms with Gasteiger partial charge < -0.3 is 14.9 Å². The summed E-state index contributed by atoms with van der Waals surface area (Å²) in [5, 5.41) is 6.64. The monoisotopic (exact) mass is 312 g/mol. The van der Waals surface area contributed by atoms with Gasteiger partial charge in [0.25, 0.3) is 0 Å². The summed E-state index contributed by atoms with van der Waals surface area (Å²) in [5.74, 6) is 1.35. The highest BCUT2D eigenvalue weighted by molar-refractivity contribution is 5.90. The average molecular weight is 312 g/mol. The first kappa shape index (κ1) is 18.8. The van der Waals surface area contributed by atoms with E-state index < -0.39 is 0 Å². The quantitative estimate of drug-likeness (QED) is 0.852. The van der Waals surface area contributed by atoms with Gasteiger partial charge in [0.2, 0.25) is 0 Å². The number of carbonyl (C=O) groups is 1. The van der Waals surface area contributed by atoms with E-state index in [1.165, 1.54) is 44.9 Å². The van der Waals surface area contributed by atoms with Gasteiger partial charge in [-0.15, -0.1) is 0 Å². The Morgan fingerprint density at radius 1 is 1.36 bits per heavy atom. The SMILES string of the molecule is CCC(CC)C1=NOC2CCCC12.CNC(=O)OC(C)(C)C. The molecule has 2 unspecified atom stereocenters. The highest BCUT2D eigenvalue weighted by Crippen LogP contribution is 2.37. The van der Waals surface area contributed by atoms with Gasteiger partial charge in [-0.25, -0.2) is 4.79 Å². The molecule has 0 saturated heterocycles. The third-order valence-corrected chi connectivity index (χ3v) is 4.13. The van der Waals surface area contributed by atoms with Crippen LogP contribution in [0.2, 0.25) is 0 Å². The predicted octanol–water partition coefficient (Wildman–Crippen LogP) is 4.12. The zero-order chi connectivity index (χ0) is 16.8. The fourth-order valence-corrected chi connectivity index (χ4v) is 3.00. The largest absolute Gasteiger partial charge is 0.444 e. The number of hydrogen-bond acceptors (Lipinski definition) is 4. The zero-order valence-corrected chi connectivity index (χ0v) is 14.9. The molecular formula is C17H32N2O3. The average Bonchev–Trinajstić information content (AvgIpc) is 3.03. The fourth-order valence-electron chi connectivity index (χ4n) is 3.00. The van der Waals surface area contributed by atoms with Gasteiger partial charge in [0.05, 0.1) is 5.71 Å². The predicted molar refractivity (Wildman–Crippen MR) is 89.0 cm³/mol. The van der Waals surface area contributed by atoms with Crippen molar-refractivity contribution in [3.8, 4) is 0 Å². The Hall–Kier alpha value is -1.26. The number of fused-ring (bicyclic) bond motifs is 1. The molecule has 1 fully saturated rings. The Bertz CT molecular complexity index is 384. The molecule has 1 amide bonds. The number of nitrogens with one attached hydrogen (secondary N) is 1. The van der Waals surface area contributed by atoms with Crippen LogP contribution < -0.4 is 5.32 Å². The Labute approximate surface area is 134 Å². The van der Waals surface area contributed by atoms with Crippen LogP contribution in [0.5, 0.6) is 0 Å². The van der Waals surface area contributed by atoms with E-state index in [1.807, 2.05) is 20.8 Å². The van der Waals surface area contributed by atoms with Crippen LogP contribution in [0, 0.1) is 11.8 Å². The van der Waals surface area contributed by atoms with E-state index in [0.717, 1.165) is 0 Å². The minimum absolute atomic E-state index is 0.387. The van der Waals surface area contributed by atoms with Crippen molar-refractivity contribution < 1.29 is 14.4 Å². The second kappa shape index (κ2) is 8.39. The second-order valence-corrected chi connectivity index (χ2v) is 6.96. The third kappa shape index (κ3) is 5.50. The molecule has 1 saturated carbocycles. The maximum atomic E-state index is 10.5. The lowest BCUT2D eigenvalue weighted by molar-refractivity contribution is 0.0541. The standard InChI is InChI=1S/C11H19NO.C6H13NO2/c1-3-8(4-2)11-9-6-5-7-10(9)13-12-11;1-6(2,3)9-5(8)7-4/h8-10H,3-7H2,1-2H3;1-4H3,(H,7,8). The Balaban J connectivity index is 0.000000239. The molecule has 2 rings (SSSR count). The van der Waals surface area contributed by atoms with Gasteiger partial charge in [-0.3, -0.25) is 0 Å². The summed E-state index contributed by atoms with van der Waals surface area (Å²) in [7, 11) is 1.54. The Morgan fingerprint density at radius 3 is 2.45 bits per heavy atom. The second-order valence-electron chi connectivity index (χ2n) is 6.96. The van der Waals surface area contributed by atoms with Crippen LogP contribution in [0.4, 0.5) is 4.79 Å². The normalized spacial score (nSPS) is 23.1. The number of oxime groups is 1. The van der Waals surface area contributed by atoms with Crippen molar-refractivity contribution in [2.75, 3.05) is 7.05 Å². The molecular weight excluding hydrogens is 280 g/mol. The van der Waals surface area contributed by atoms with Crippen molar-refractivity contribution in [3.05, 3.63) is 0 Å². The van der Waals surface area contributed by atoms with Crippen LogP contribution in [0.25, 0.3) is 0 Å². The lowest BCUT2D eigenvalue weighted by Crippen LogP contribution is -2.30. The highest BCUT2D eigenvalue weighted by Gasteiger charge is 2.39. The molecule has 5 heteroatoms. The molecule has 2 aliphatic rings. The topological polar surface area (TPSA) is 59.9 Å². The van der Waals surface area contributed by atoms with Gasteiger partial charge in [0.15, 0.2) is 0 Å². The molecule has 2 atom stereocenters. The first-order valence-corrected chi connectivity index (χ1v) is 8.46. The summed E-state index contributed by atoms with van der Waals surface area (Å²) >= 11 is 0. The molecule has 1 aliphatic carbocycles. The summed E-state index contributed by atoms with van der Waals surface area (Å²) in [4.78, 5) is 16.0. The molecule has 1 N–H and O–H groups in total. The molecule has 22 heavy (non-hydrogen) atoms. The number of amides is 1. The summed E-state index contributed by atoms with van der Waals surface area (Å²) in [5.41, 5.74) is 0.979. The first-order chi connectivity index (χ1) is 10.3. The zero-order valence-electron chi connectivity index (χ0n) is 14.9. The van der Waals surface area contributed by atoms with Gasteiger partial charge in [0.1, 0.15) is 11.7 Å². The lowest BCUT2D eigenvalue weighted by atomic mass is 9.87. The van der Waals surface area contributed by atoms with Crippen molar-refractivity contribution in [2.45, 2.75) is 78.4 Å². The number of carbonyl (C=O) groups excluding carboxylic acids is 1. The molecule has 0 aromatic heterocycles. The van der Waals surface area contributed by atoms with Gasteiger partial charge >= 0.3 is 6.09 Å². The van der Waals surface area contributed by atoms with E-state index in [-0.39, 0.29) is 11.7 Å². The third-order valence-electron chi connectivity index (χ3n) is 4.13. The summed E-state index contributed by atoms with van der Waals surface area (Å²) < 4.78 is 4.84. The highest BCUT2D eigenvalue weighted by atomic mass is 16.6. The van der Waals surface area contributed by atoms with Crippen molar-refractivity contribution >= 4 is 11.8 Å². The number of ether oxygens (including phenoxy) is 1. The van der Waals surface area contributed by atoms with Crippen LogP contribution in [0.3, 0.4) is 0 Å². The number of hydrogen-bond donors (Lipinski definition) is 1. The van der Waals surface area contributed by atoms with E-state index in [2.05, 4.69) is 24.3 Å². The Morgan fingerprint density at radius 2 is 2.00 bits per heavy atom. The van der Waals surface area contributed by atoms with Crippen molar-refractivity contribution in [2.24, 2.45) is 17.0 Å². The van der Waals surface area contributed by atoms with Crippen LogP contribution in [-0.2, 0) is 9.57 Å². The van der Waals surface area contributed by atoms with Crippen molar-refractivity contribution in [1.82, 2.24) is 5.32 Å². The molecule has 0 radical (unpaired) electrons. The summed E-state index contributed by atoms with van der Waals surface area (Å²) in [6, 6.07) is 0. The number of rotatable bonds is 3. The minimum Gasteiger partial charge on any atom is -0.444 e. The molecule has 0 spiro atoms. The van der Waals surface area contributed by atoms with E-state index >= 15 is 0 Å². The number of alkyl carbamates (subject to hydrolysis) is 1. The summed E-state index contributed by atoms with van der Waals surface area (Å²) in [6.45, 7) is 9.96. The molecule has 5 nitrogen and oxygen atoms in total. The molecule has 0 bridgehead atoms.